The zero-order chi connectivity index (χ0) is 15.0. The zero-order valence-electron chi connectivity index (χ0n) is 10.8. The topological polar surface area (TPSA) is 96.9 Å². The molecule has 0 aromatic heterocycles. The summed E-state index contributed by atoms with van der Waals surface area (Å²) in [6.07, 6.45) is 0. The standard InChI is InChI=1S/C12H15ClN2O5/c1-19-10-3-2-8(13)6-9(10)15-12(18)14-4-5-20-7-11(16)17/h2-3,6H,4-5,7H2,1H3,(H,16,17)(H2,14,15,18). The summed E-state index contributed by atoms with van der Waals surface area (Å²) in [6, 6.07) is 4.36. The van der Waals surface area contributed by atoms with Gasteiger partial charge < -0.3 is 25.2 Å². The van der Waals surface area contributed by atoms with Crippen LogP contribution in [0.5, 0.6) is 5.75 Å². The van der Waals surface area contributed by atoms with E-state index < -0.39 is 18.6 Å². The van der Waals surface area contributed by atoms with Gasteiger partial charge in [0.1, 0.15) is 12.4 Å². The summed E-state index contributed by atoms with van der Waals surface area (Å²) >= 11 is 5.83. The van der Waals surface area contributed by atoms with Gasteiger partial charge in [0.15, 0.2) is 0 Å². The lowest BCUT2D eigenvalue weighted by Gasteiger charge is -2.11. The summed E-state index contributed by atoms with van der Waals surface area (Å²) < 4.78 is 9.85. The molecule has 7 nitrogen and oxygen atoms in total. The SMILES string of the molecule is COc1ccc(Cl)cc1NC(=O)NCCOCC(=O)O. The predicted molar refractivity (Wildman–Crippen MR) is 73.5 cm³/mol. The Balaban J connectivity index is 2.38. The van der Waals surface area contributed by atoms with Crippen molar-refractivity contribution < 1.29 is 24.2 Å². The summed E-state index contributed by atoms with van der Waals surface area (Å²) in [6.45, 7) is -0.111. The molecule has 0 atom stereocenters. The van der Waals surface area contributed by atoms with Gasteiger partial charge in [0.2, 0.25) is 0 Å². The lowest BCUT2D eigenvalue weighted by molar-refractivity contribution is -0.142. The van der Waals surface area contributed by atoms with Crippen LogP contribution in [0.25, 0.3) is 0 Å². The molecule has 2 amide bonds. The Hall–Kier alpha value is -1.99. The molecule has 0 radical (unpaired) electrons. The number of aliphatic carboxylic acids is 1. The molecule has 1 rings (SSSR count). The van der Waals surface area contributed by atoms with E-state index in [1.165, 1.54) is 7.11 Å². The molecule has 0 unspecified atom stereocenters. The van der Waals surface area contributed by atoms with Gasteiger partial charge in [-0.3, -0.25) is 0 Å². The Morgan fingerprint density at radius 2 is 2.15 bits per heavy atom. The number of anilines is 1. The molecule has 20 heavy (non-hydrogen) atoms. The van der Waals surface area contributed by atoms with Crippen LogP contribution in [0.1, 0.15) is 0 Å². The number of amides is 2. The Kier molecular flexibility index (Phi) is 6.61. The van der Waals surface area contributed by atoms with Gasteiger partial charge in [-0.15, -0.1) is 0 Å². The highest BCUT2D eigenvalue weighted by atomic mass is 35.5. The van der Waals surface area contributed by atoms with Crippen molar-refractivity contribution in [3.05, 3.63) is 23.2 Å². The second-order valence-electron chi connectivity index (χ2n) is 3.67. The van der Waals surface area contributed by atoms with E-state index in [1.54, 1.807) is 18.2 Å². The number of benzene rings is 1. The summed E-state index contributed by atoms with van der Waals surface area (Å²) in [5.41, 5.74) is 0.434. The third kappa shape index (κ3) is 5.77. The van der Waals surface area contributed by atoms with Gasteiger partial charge in [0, 0.05) is 11.6 Å². The average Bonchev–Trinajstić information content (AvgIpc) is 2.38. The zero-order valence-corrected chi connectivity index (χ0v) is 11.6. The third-order valence-corrected chi connectivity index (χ3v) is 2.40. The van der Waals surface area contributed by atoms with Crippen LogP contribution in [-0.2, 0) is 9.53 Å². The largest absolute Gasteiger partial charge is 0.495 e. The molecule has 0 aliphatic carbocycles. The molecule has 0 spiro atoms. The lowest BCUT2D eigenvalue weighted by Crippen LogP contribution is -2.32. The van der Waals surface area contributed by atoms with E-state index in [1.807, 2.05) is 0 Å². The molecule has 1 aromatic rings. The lowest BCUT2D eigenvalue weighted by atomic mass is 10.3. The van der Waals surface area contributed by atoms with Gasteiger partial charge in [-0.05, 0) is 18.2 Å². The van der Waals surface area contributed by atoms with Gasteiger partial charge in [-0.1, -0.05) is 11.6 Å². The number of carbonyl (C=O) groups is 2. The fourth-order valence-corrected chi connectivity index (χ4v) is 1.51. The average molecular weight is 303 g/mol. The minimum Gasteiger partial charge on any atom is -0.495 e. The van der Waals surface area contributed by atoms with Crippen LogP contribution in [0.15, 0.2) is 18.2 Å². The number of hydrogen-bond acceptors (Lipinski definition) is 4. The van der Waals surface area contributed by atoms with E-state index in [9.17, 15) is 9.59 Å². The molecule has 3 N–H and O–H groups in total. The molecule has 0 bridgehead atoms. The second-order valence-corrected chi connectivity index (χ2v) is 4.11. The molecule has 0 saturated carbocycles. The molecular formula is C12H15ClN2O5. The Bertz CT molecular complexity index is 481. The summed E-state index contributed by atoms with van der Waals surface area (Å²) in [5, 5.41) is 13.9. The first-order valence-corrected chi connectivity index (χ1v) is 6.08. The highest BCUT2D eigenvalue weighted by molar-refractivity contribution is 6.31. The van der Waals surface area contributed by atoms with Crippen molar-refractivity contribution in [1.82, 2.24) is 5.32 Å². The van der Waals surface area contributed by atoms with Gasteiger partial charge in [0.05, 0.1) is 19.4 Å². The molecule has 0 aliphatic rings. The number of urea groups is 1. The first-order valence-electron chi connectivity index (χ1n) is 5.71. The number of carboxylic acids is 1. The molecule has 8 heteroatoms. The molecule has 1 aromatic carbocycles. The number of hydrogen-bond donors (Lipinski definition) is 3. The van der Waals surface area contributed by atoms with E-state index in [0.717, 1.165) is 0 Å². The van der Waals surface area contributed by atoms with E-state index in [0.29, 0.717) is 16.5 Å². The van der Waals surface area contributed by atoms with Crippen molar-refractivity contribution in [2.24, 2.45) is 0 Å². The molecule has 0 aliphatic heterocycles. The van der Waals surface area contributed by atoms with Crippen LogP contribution in [-0.4, -0.2) is 44.0 Å². The molecule has 0 fully saturated rings. The number of ether oxygens (including phenoxy) is 2. The number of carbonyl (C=O) groups excluding carboxylic acids is 1. The first-order chi connectivity index (χ1) is 9.52. The third-order valence-electron chi connectivity index (χ3n) is 2.17. The van der Waals surface area contributed by atoms with Crippen molar-refractivity contribution in [3.63, 3.8) is 0 Å². The molecular weight excluding hydrogens is 288 g/mol. The normalized spacial score (nSPS) is 9.90. The van der Waals surface area contributed by atoms with Gasteiger partial charge in [0.25, 0.3) is 0 Å². The van der Waals surface area contributed by atoms with E-state index in [-0.39, 0.29) is 13.2 Å². The van der Waals surface area contributed by atoms with Crippen molar-refractivity contribution >= 4 is 29.3 Å². The molecule has 110 valence electrons. The maximum Gasteiger partial charge on any atom is 0.329 e. The highest BCUT2D eigenvalue weighted by Gasteiger charge is 2.07. The van der Waals surface area contributed by atoms with Crippen molar-refractivity contribution in [3.8, 4) is 5.75 Å². The maximum atomic E-state index is 11.6. The summed E-state index contributed by atoms with van der Waals surface area (Å²) in [5.74, 6) is -0.579. The number of rotatable bonds is 7. The number of methoxy groups -OCH3 is 1. The summed E-state index contributed by atoms with van der Waals surface area (Å²) in [4.78, 5) is 21.8. The fourth-order valence-electron chi connectivity index (χ4n) is 1.34. The fraction of sp³-hybridized carbons (Fsp3) is 0.333. The highest BCUT2D eigenvalue weighted by Crippen LogP contribution is 2.27. The van der Waals surface area contributed by atoms with Crippen LogP contribution in [0, 0.1) is 0 Å². The number of carboxylic acid groups (broad SMARTS) is 1. The minimum atomic E-state index is -1.06. The molecule has 0 heterocycles. The van der Waals surface area contributed by atoms with Crippen molar-refractivity contribution in [2.75, 3.05) is 32.2 Å². The van der Waals surface area contributed by atoms with Gasteiger partial charge in [-0.25, -0.2) is 9.59 Å². The van der Waals surface area contributed by atoms with Crippen molar-refractivity contribution in [1.29, 1.82) is 0 Å². The molecule has 0 saturated heterocycles. The van der Waals surface area contributed by atoms with Crippen LogP contribution < -0.4 is 15.4 Å². The van der Waals surface area contributed by atoms with E-state index in [2.05, 4.69) is 10.6 Å². The van der Waals surface area contributed by atoms with Crippen LogP contribution in [0.3, 0.4) is 0 Å². The van der Waals surface area contributed by atoms with Crippen LogP contribution >= 0.6 is 11.6 Å². The Labute approximate surface area is 120 Å². The van der Waals surface area contributed by atoms with Gasteiger partial charge in [-0.2, -0.15) is 0 Å². The van der Waals surface area contributed by atoms with Crippen molar-refractivity contribution in [2.45, 2.75) is 0 Å². The van der Waals surface area contributed by atoms with Crippen LogP contribution in [0.4, 0.5) is 10.5 Å². The van der Waals surface area contributed by atoms with E-state index in [4.69, 9.17) is 26.2 Å². The quantitative estimate of drug-likeness (QED) is 0.664. The first kappa shape index (κ1) is 16.1. The summed E-state index contributed by atoms with van der Waals surface area (Å²) in [7, 11) is 1.48. The van der Waals surface area contributed by atoms with Crippen LogP contribution in [0.2, 0.25) is 5.02 Å². The number of nitrogens with one attached hydrogen (secondary N) is 2. The predicted octanol–water partition coefficient (Wildman–Crippen LogP) is 1.57. The number of halogens is 1. The monoisotopic (exact) mass is 302 g/mol. The Morgan fingerprint density at radius 1 is 1.40 bits per heavy atom. The maximum absolute atomic E-state index is 11.6. The van der Waals surface area contributed by atoms with Gasteiger partial charge >= 0.3 is 12.0 Å². The second kappa shape index (κ2) is 8.23. The minimum absolute atomic E-state index is 0.104. The smallest absolute Gasteiger partial charge is 0.329 e. The Morgan fingerprint density at radius 3 is 2.80 bits per heavy atom. The van der Waals surface area contributed by atoms with E-state index >= 15 is 0 Å².